The first kappa shape index (κ1) is 16.4. The quantitative estimate of drug-likeness (QED) is 0.910. The lowest BCUT2D eigenvalue weighted by molar-refractivity contribution is -0.130. The molecule has 1 amide bonds. The standard InChI is InChI=1S/C21H27N3O/c1-12-4-5-16-17(6-12)23-18-10-13-7-14(11-19(25)24(2)3)9-15(8-13)20(18)21(16)22/h4-6,13-15H,7-11H2,1-3H3,(H2,22,23). The van der Waals surface area contributed by atoms with Crippen LogP contribution in [-0.2, 0) is 11.2 Å². The van der Waals surface area contributed by atoms with Gasteiger partial charge in [-0.3, -0.25) is 9.78 Å². The number of hydrogen-bond acceptors (Lipinski definition) is 3. The largest absolute Gasteiger partial charge is 0.398 e. The molecule has 1 fully saturated rings. The van der Waals surface area contributed by atoms with E-state index in [1.165, 1.54) is 23.2 Å². The van der Waals surface area contributed by atoms with Crippen molar-refractivity contribution in [1.82, 2.24) is 9.88 Å². The van der Waals surface area contributed by atoms with Crippen LogP contribution in [0.2, 0.25) is 0 Å². The number of anilines is 1. The lowest BCUT2D eigenvalue weighted by atomic mass is 9.65. The van der Waals surface area contributed by atoms with E-state index in [4.69, 9.17) is 10.7 Å². The summed E-state index contributed by atoms with van der Waals surface area (Å²) in [5, 5.41) is 1.08. The van der Waals surface area contributed by atoms with Crippen molar-refractivity contribution in [1.29, 1.82) is 0 Å². The summed E-state index contributed by atoms with van der Waals surface area (Å²) in [6.07, 6.45) is 5.07. The number of pyridine rings is 1. The molecule has 0 spiro atoms. The normalized spacial score (nSPS) is 24.8. The molecule has 4 rings (SSSR count). The molecule has 4 heteroatoms. The molecular formula is C21H27N3O. The zero-order valence-corrected chi connectivity index (χ0v) is 15.4. The van der Waals surface area contributed by atoms with Crippen molar-refractivity contribution in [3.63, 3.8) is 0 Å². The summed E-state index contributed by atoms with van der Waals surface area (Å²) >= 11 is 0. The Hall–Kier alpha value is -2.10. The Morgan fingerprint density at radius 1 is 1.28 bits per heavy atom. The Morgan fingerprint density at radius 3 is 2.84 bits per heavy atom. The van der Waals surface area contributed by atoms with E-state index in [1.807, 2.05) is 14.1 Å². The Labute approximate surface area is 149 Å². The number of nitrogens with zero attached hydrogens (tertiary/aromatic N) is 2. The van der Waals surface area contributed by atoms with Crippen LogP contribution < -0.4 is 5.73 Å². The van der Waals surface area contributed by atoms with Gasteiger partial charge in [-0.15, -0.1) is 0 Å². The first-order valence-corrected chi connectivity index (χ1v) is 9.31. The minimum Gasteiger partial charge on any atom is -0.398 e. The Kier molecular flexibility index (Phi) is 3.94. The van der Waals surface area contributed by atoms with Crippen molar-refractivity contribution in [2.75, 3.05) is 19.8 Å². The number of aryl methyl sites for hydroxylation is 1. The number of nitrogens with two attached hydrogens (primary N) is 1. The van der Waals surface area contributed by atoms with Gasteiger partial charge in [0.1, 0.15) is 0 Å². The van der Waals surface area contributed by atoms with E-state index in [0.29, 0.717) is 24.2 Å². The predicted octanol–water partition coefficient (Wildman–Crippen LogP) is 3.66. The number of benzene rings is 1. The van der Waals surface area contributed by atoms with Crippen LogP contribution in [0.1, 0.15) is 48.4 Å². The average molecular weight is 337 g/mol. The summed E-state index contributed by atoms with van der Waals surface area (Å²) in [4.78, 5) is 18.8. The van der Waals surface area contributed by atoms with E-state index < -0.39 is 0 Å². The van der Waals surface area contributed by atoms with Crippen LogP contribution in [0.3, 0.4) is 0 Å². The van der Waals surface area contributed by atoms with Crippen molar-refractivity contribution >= 4 is 22.5 Å². The minimum atomic E-state index is 0.241. The number of aromatic nitrogens is 1. The molecule has 1 saturated carbocycles. The maximum atomic E-state index is 12.1. The first-order valence-electron chi connectivity index (χ1n) is 9.31. The minimum absolute atomic E-state index is 0.241. The average Bonchev–Trinajstić information content (AvgIpc) is 2.53. The molecule has 4 nitrogen and oxygen atoms in total. The number of amides is 1. The predicted molar refractivity (Wildman–Crippen MR) is 101 cm³/mol. The monoisotopic (exact) mass is 337 g/mol. The molecule has 3 unspecified atom stereocenters. The van der Waals surface area contributed by atoms with Crippen molar-refractivity contribution in [3.05, 3.63) is 35.0 Å². The van der Waals surface area contributed by atoms with Gasteiger partial charge < -0.3 is 10.6 Å². The highest BCUT2D eigenvalue weighted by atomic mass is 16.2. The lowest BCUT2D eigenvalue weighted by Gasteiger charge is -2.40. The molecule has 25 heavy (non-hydrogen) atoms. The smallest absolute Gasteiger partial charge is 0.222 e. The Bertz CT molecular complexity index is 843. The zero-order chi connectivity index (χ0) is 17.7. The van der Waals surface area contributed by atoms with Crippen LogP contribution in [0.5, 0.6) is 0 Å². The highest BCUT2D eigenvalue weighted by molar-refractivity contribution is 5.93. The topological polar surface area (TPSA) is 59.2 Å². The molecule has 3 atom stereocenters. The van der Waals surface area contributed by atoms with Gasteiger partial charge in [0.2, 0.25) is 5.91 Å². The molecule has 2 N–H and O–H groups in total. The van der Waals surface area contributed by atoms with E-state index in [0.717, 1.165) is 35.9 Å². The van der Waals surface area contributed by atoms with Gasteiger partial charge in [0, 0.05) is 42.8 Å². The van der Waals surface area contributed by atoms with Gasteiger partial charge in [0.25, 0.3) is 0 Å². The summed E-state index contributed by atoms with van der Waals surface area (Å²) < 4.78 is 0. The van der Waals surface area contributed by atoms with E-state index in [9.17, 15) is 4.79 Å². The maximum absolute atomic E-state index is 12.1. The fourth-order valence-corrected chi connectivity index (χ4v) is 4.92. The molecule has 2 bridgehead atoms. The fourth-order valence-electron chi connectivity index (χ4n) is 4.92. The molecular weight excluding hydrogens is 310 g/mol. The van der Waals surface area contributed by atoms with Crippen molar-refractivity contribution in [3.8, 4) is 0 Å². The van der Waals surface area contributed by atoms with Gasteiger partial charge >= 0.3 is 0 Å². The van der Waals surface area contributed by atoms with Gasteiger partial charge in [0.05, 0.1) is 5.52 Å². The van der Waals surface area contributed by atoms with Crippen LogP contribution in [-0.4, -0.2) is 29.9 Å². The second-order valence-electron chi connectivity index (χ2n) is 8.24. The molecule has 2 aliphatic rings. The lowest BCUT2D eigenvalue weighted by Crippen LogP contribution is -2.33. The van der Waals surface area contributed by atoms with Crippen LogP contribution in [0.15, 0.2) is 18.2 Å². The first-order chi connectivity index (χ1) is 11.9. The molecule has 0 saturated heterocycles. The van der Waals surface area contributed by atoms with Crippen LogP contribution in [0.25, 0.3) is 10.9 Å². The molecule has 1 aromatic heterocycles. The molecule has 0 aliphatic heterocycles. The fraction of sp³-hybridized carbons (Fsp3) is 0.524. The van der Waals surface area contributed by atoms with Gasteiger partial charge in [0.15, 0.2) is 0 Å². The van der Waals surface area contributed by atoms with Crippen LogP contribution in [0, 0.1) is 18.8 Å². The second-order valence-corrected chi connectivity index (χ2v) is 8.24. The molecule has 2 aliphatic carbocycles. The summed E-state index contributed by atoms with van der Waals surface area (Å²) in [7, 11) is 3.69. The van der Waals surface area contributed by atoms with Crippen molar-refractivity contribution in [2.24, 2.45) is 11.8 Å². The van der Waals surface area contributed by atoms with E-state index >= 15 is 0 Å². The molecule has 1 heterocycles. The van der Waals surface area contributed by atoms with Crippen LogP contribution >= 0.6 is 0 Å². The highest BCUT2D eigenvalue weighted by Gasteiger charge is 2.38. The molecule has 0 radical (unpaired) electrons. The summed E-state index contributed by atoms with van der Waals surface area (Å²) in [6.45, 7) is 2.10. The SMILES string of the molecule is Cc1ccc2c(N)c3c(nc2c1)CC1CC(CC(=O)N(C)C)CC3C1. The summed E-state index contributed by atoms with van der Waals surface area (Å²) in [6, 6.07) is 6.35. The number of carbonyl (C=O) groups is 1. The molecule has 132 valence electrons. The Balaban J connectivity index is 1.70. The maximum Gasteiger partial charge on any atom is 0.222 e. The number of nitrogen functional groups attached to an aromatic ring is 1. The van der Waals surface area contributed by atoms with E-state index in [1.54, 1.807) is 4.90 Å². The third-order valence-corrected chi connectivity index (χ3v) is 6.05. The van der Waals surface area contributed by atoms with Crippen molar-refractivity contribution < 1.29 is 4.79 Å². The van der Waals surface area contributed by atoms with E-state index in [2.05, 4.69) is 25.1 Å². The molecule has 2 aromatic rings. The summed E-state index contributed by atoms with van der Waals surface area (Å²) in [5.41, 5.74) is 12.2. The molecule has 1 aromatic carbocycles. The highest BCUT2D eigenvalue weighted by Crippen LogP contribution is 2.49. The van der Waals surface area contributed by atoms with E-state index in [-0.39, 0.29) is 5.91 Å². The number of fused-ring (bicyclic) bond motifs is 5. The van der Waals surface area contributed by atoms with Crippen molar-refractivity contribution in [2.45, 2.75) is 44.9 Å². The van der Waals surface area contributed by atoms with Gasteiger partial charge in [-0.25, -0.2) is 0 Å². The van der Waals surface area contributed by atoms with Gasteiger partial charge in [-0.2, -0.15) is 0 Å². The number of carbonyl (C=O) groups excluding carboxylic acids is 1. The second kappa shape index (κ2) is 6.01. The van der Waals surface area contributed by atoms with Crippen LogP contribution in [0.4, 0.5) is 5.69 Å². The summed E-state index contributed by atoms with van der Waals surface area (Å²) in [5.74, 6) is 1.81. The third-order valence-electron chi connectivity index (χ3n) is 6.05. The Morgan fingerprint density at radius 2 is 2.08 bits per heavy atom. The number of rotatable bonds is 2. The third kappa shape index (κ3) is 2.88. The van der Waals surface area contributed by atoms with Gasteiger partial charge in [-0.05, 0) is 62.0 Å². The zero-order valence-electron chi connectivity index (χ0n) is 15.4. The number of hydrogen-bond donors (Lipinski definition) is 1. The van der Waals surface area contributed by atoms with Gasteiger partial charge in [-0.1, -0.05) is 12.1 Å².